The lowest BCUT2D eigenvalue weighted by Gasteiger charge is -2.29. The molecule has 4 rings (SSSR count). The number of amides is 4. The Balaban J connectivity index is 1.44. The highest BCUT2D eigenvalue weighted by Gasteiger charge is 2.37. The minimum absolute atomic E-state index is 0.154. The van der Waals surface area contributed by atoms with Crippen molar-refractivity contribution in [3.05, 3.63) is 87.9 Å². The molecule has 9 nitrogen and oxygen atoms in total. The zero-order valence-electron chi connectivity index (χ0n) is 25.6. The van der Waals surface area contributed by atoms with Crippen LogP contribution in [0, 0.1) is 5.92 Å². The molecule has 0 saturated carbocycles. The normalized spacial score (nSPS) is 17.7. The number of hydrogen-bond acceptors (Lipinski definition) is 6. The highest BCUT2D eigenvalue weighted by Crippen LogP contribution is 2.22. The van der Waals surface area contributed by atoms with E-state index in [-0.39, 0.29) is 29.9 Å². The molecular formula is C33H43N5O4S. The Kier molecular flexibility index (Phi) is 11.2. The monoisotopic (exact) mass is 605 g/mol. The molecule has 1 saturated heterocycles. The second-order valence-electron chi connectivity index (χ2n) is 11.9. The molecule has 4 atom stereocenters. The van der Waals surface area contributed by atoms with E-state index in [1.807, 2.05) is 79.9 Å². The number of ether oxygens (including phenoxy) is 1. The maximum absolute atomic E-state index is 13.7. The van der Waals surface area contributed by atoms with Crippen molar-refractivity contribution in [2.45, 2.75) is 83.6 Å². The Morgan fingerprint density at radius 1 is 1.00 bits per heavy atom. The molecule has 0 radical (unpaired) electrons. The lowest BCUT2D eigenvalue weighted by molar-refractivity contribution is -0.124. The number of alkyl carbamates (subject to hydrolysis) is 1. The summed E-state index contributed by atoms with van der Waals surface area (Å²) in [7, 11) is 1.70. The predicted octanol–water partition coefficient (Wildman–Crippen LogP) is 5.27. The summed E-state index contributed by atoms with van der Waals surface area (Å²) < 4.78 is 5.69. The minimum Gasteiger partial charge on any atom is -0.444 e. The van der Waals surface area contributed by atoms with Gasteiger partial charge in [-0.1, -0.05) is 88.4 Å². The number of carbonyl (C=O) groups is 3. The van der Waals surface area contributed by atoms with Crippen LogP contribution < -0.4 is 16.0 Å². The molecular weight excluding hydrogens is 562 g/mol. The van der Waals surface area contributed by atoms with Gasteiger partial charge in [0.05, 0.1) is 23.3 Å². The Morgan fingerprint density at radius 2 is 1.65 bits per heavy atom. The largest absolute Gasteiger partial charge is 0.444 e. The molecule has 4 amide bonds. The number of nitrogens with one attached hydrogen (secondary N) is 3. The summed E-state index contributed by atoms with van der Waals surface area (Å²) in [6.45, 7) is 8.34. The van der Waals surface area contributed by atoms with Gasteiger partial charge in [0.1, 0.15) is 12.1 Å². The van der Waals surface area contributed by atoms with Crippen LogP contribution in [0.5, 0.6) is 0 Å². The Labute approximate surface area is 258 Å². The smallest absolute Gasteiger partial charge is 0.407 e. The minimum atomic E-state index is -0.751. The van der Waals surface area contributed by atoms with Gasteiger partial charge in [0.15, 0.2) is 0 Å². The number of aromatic nitrogens is 1. The summed E-state index contributed by atoms with van der Waals surface area (Å²) >= 11 is 1.59. The van der Waals surface area contributed by atoms with E-state index in [0.29, 0.717) is 31.7 Å². The van der Waals surface area contributed by atoms with E-state index in [0.717, 1.165) is 21.8 Å². The van der Waals surface area contributed by atoms with Crippen LogP contribution in [0.25, 0.3) is 0 Å². The summed E-state index contributed by atoms with van der Waals surface area (Å²) in [5, 5.41) is 12.0. The fraction of sp³-hybridized carbons (Fsp3) is 0.455. The first-order valence-corrected chi connectivity index (χ1v) is 15.8. The van der Waals surface area contributed by atoms with E-state index < -0.39 is 18.2 Å². The number of nitrogens with zero attached hydrogens (tertiary/aromatic N) is 2. The second kappa shape index (κ2) is 15.0. The molecule has 1 aliphatic heterocycles. The molecule has 3 aromatic rings. The zero-order valence-corrected chi connectivity index (χ0v) is 26.4. The molecule has 0 bridgehead atoms. The first kappa shape index (κ1) is 32.0. The molecule has 43 heavy (non-hydrogen) atoms. The standard InChI is InChI=1S/C33H43N5O4S/c1-21(2)29(37-32(40)38(5)19-26-20-43-31(35-26)22(3)4)30(39)34-25(16-23-12-8-6-9-13-23)18-28-27(36-33(41)42-28)17-24-14-10-7-11-15-24/h6-15,20-22,25,27-29H,16-19H2,1-5H3,(H,34,39)(H,36,41)(H,37,40)/t25-,27-,28-,29-/m0/s1. The molecule has 0 spiro atoms. The molecule has 1 fully saturated rings. The first-order valence-electron chi connectivity index (χ1n) is 14.9. The predicted molar refractivity (Wildman–Crippen MR) is 169 cm³/mol. The van der Waals surface area contributed by atoms with Gasteiger partial charge in [-0.2, -0.15) is 0 Å². The Morgan fingerprint density at radius 3 is 2.26 bits per heavy atom. The molecule has 2 aromatic carbocycles. The topological polar surface area (TPSA) is 113 Å². The molecule has 1 aromatic heterocycles. The molecule has 0 unspecified atom stereocenters. The van der Waals surface area contributed by atoms with Crippen molar-refractivity contribution in [2.75, 3.05) is 7.05 Å². The SMILES string of the molecule is CC(C)c1nc(CN(C)C(=O)N[C@H](C(=O)N[C@@H](Cc2ccccc2)C[C@@H]2OC(=O)N[C@H]2Cc2ccccc2)C(C)C)cs1. The number of cyclic esters (lactones) is 1. The summed E-state index contributed by atoms with van der Waals surface area (Å²) in [6.07, 6.45) is 0.731. The van der Waals surface area contributed by atoms with Crippen molar-refractivity contribution in [1.29, 1.82) is 0 Å². The van der Waals surface area contributed by atoms with Crippen LogP contribution >= 0.6 is 11.3 Å². The van der Waals surface area contributed by atoms with Crippen LogP contribution in [-0.4, -0.2) is 59.2 Å². The van der Waals surface area contributed by atoms with Gasteiger partial charge in [-0.25, -0.2) is 14.6 Å². The van der Waals surface area contributed by atoms with Crippen molar-refractivity contribution in [3.8, 4) is 0 Å². The van der Waals surface area contributed by atoms with E-state index in [1.165, 1.54) is 0 Å². The summed E-state index contributed by atoms with van der Waals surface area (Å²) in [5.41, 5.74) is 2.97. The third kappa shape index (κ3) is 9.28. The third-order valence-electron chi connectivity index (χ3n) is 7.53. The lowest BCUT2D eigenvalue weighted by atomic mass is 9.93. The highest BCUT2D eigenvalue weighted by molar-refractivity contribution is 7.09. The van der Waals surface area contributed by atoms with Crippen LogP contribution in [-0.2, 0) is 28.9 Å². The second-order valence-corrected chi connectivity index (χ2v) is 12.8. The fourth-order valence-corrected chi connectivity index (χ4v) is 6.00. The first-order chi connectivity index (χ1) is 20.6. The van der Waals surface area contributed by atoms with Crippen molar-refractivity contribution >= 4 is 29.4 Å². The number of urea groups is 1. The average Bonchev–Trinajstić information content (AvgIpc) is 3.58. The van der Waals surface area contributed by atoms with Gasteiger partial charge in [0.2, 0.25) is 5.91 Å². The highest BCUT2D eigenvalue weighted by atomic mass is 32.1. The molecule has 0 aliphatic carbocycles. The number of carbonyl (C=O) groups excluding carboxylic acids is 3. The van der Waals surface area contributed by atoms with E-state index in [4.69, 9.17) is 4.74 Å². The number of thiazole rings is 1. The maximum Gasteiger partial charge on any atom is 0.407 e. The van der Waals surface area contributed by atoms with E-state index >= 15 is 0 Å². The number of benzene rings is 2. The van der Waals surface area contributed by atoms with Gasteiger partial charge in [-0.3, -0.25) is 4.79 Å². The summed E-state index contributed by atoms with van der Waals surface area (Å²) in [4.78, 5) is 45.3. The van der Waals surface area contributed by atoms with E-state index in [2.05, 4.69) is 34.8 Å². The van der Waals surface area contributed by atoms with Crippen LogP contribution in [0.4, 0.5) is 9.59 Å². The maximum atomic E-state index is 13.7. The molecule has 2 heterocycles. The van der Waals surface area contributed by atoms with Gasteiger partial charge < -0.3 is 25.6 Å². The van der Waals surface area contributed by atoms with Gasteiger partial charge >= 0.3 is 12.1 Å². The third-order valence-corrected chi connectivity index (χ3v) is 8.73. The van der Waals surface area contributed by atoms with Gasteiger partial charge in [0.25, 0.3) is 0 Å². The number of rotatable bonds is 13. The quantitative estimate of drug-likeness (QED) is 0.246. The summed E-state index contributed by atoms with van der Waals surface area (Å²) in [6, 6.07) is 18.2. The van der Waals surface area contributed by atoms with Crippen molar-refractivity contribution in [2.24, 2.45) is 5.92 Å². The molecule has 1 aliphatic rings. The van der Waals surface area contributed by atoms with Crippen molar-refractivity contribution in [1.82, 2.24) is 25.8 Å². The van der Waals surface area contributed by atoms with Crippen LogP contribution in [0.3, 0.4) is 0 Å². The van der Waals surface area contributed by atoms with Crippen LogP contribution in [0.15, 0.2) is 66.0 Å². The molecule has 230 valence electrons. The van der Waals surface area contributed by atoms with Crippen molar-refractivity contribution in [3.63, 3.8) is 0 Å². The van der Waals surface area contributed by atoms with Gasteiger partial charge in [0, 0.05) is 30.8 Å². The van der Waals surface area contributed by atoms with Crippen LogP contribution in [0.2, 0.25) is 0 Å². The van der Waals surface area contributed by atoms with Gasteiger partial charge in [-0.15, -0.1) is 11.3 Å². The summed E-state index contributed by atoms with van der Waals surface area (Å²) in [5.74, 6) is -0.100. The van der Waals surface area contributed by atoms with Crippen LogP contribution in [0.1, 0.15) is 61.9 Å². The lowest BCUT2D eigenvalue weighted by Crippen LogP contribution is -2.55. The number of hydrogen-bond donors (Lipinski definition) is 3. The Bertz CT molecular complexity index is 1350. The van der Waals surface area contributed by atoms with Gasteiger partial charge in [-0.05, 0) is 29.9 Å². The van der Waals surface area contributed by atoms with Crippen molar-refractivity contribution < 1.29 is 19.1 Å². The van der Waals surface area contributed by atoms with E-state index in [9.17, 15) is 14.4 Å². The Hall–Kier alpha value is -3.92. The van der Waals surface area contributed by atoms with E-state index in [1.54, 1.807) is 23.3 Å². The molecule has 10 heteroatoms. The fourth-order valence-electron chi connectivity index (χ4n) is 5.18. The average molecular weight is 606 g/mol. The zero-order chi connectivity index (χ0) is 30.9. The molecule has 3 N–H and O–H groups in total.